The van der Waals surface area contributed by atoms with E-state index in [4.69, 9.17) is 9.79 Å². The van der Waals surface area contributed by atoms with E-state index in [-0.39, 0.29) is 65.5 Å². The molecule has 0 aliphatic rings. The molecule has 1 unspecified atom stereocenters. The SMILES string of the molecule is CSc1ccc(SCCCC(O)(P(=O)([O-])[O-])P(=O)(O)O)cc1.[Na+].[Na+]. The fraction of sp³-hybridized carbons (Fsp3) is 0.455. The number of thioether (sulfide) groups is 2. The maximum atomic E-state index is 11.1. The molecule has 7 nitrogen and oxygen atoms in total. The van der Waals surface area contributed by atoms with Crippen molar-refractivity contribution in [1.82, 2.24) is 0 Å². The van der Waals surface area contributed by atoms with Gasteiger partial charge in [-0.05, 0) is 56.7 Å². The third kappa shape index (κ3) is 8.05. The van der Waals surface area contributed by atoms with Gasteiger partial charge in [-0.1, -0.05) is 0 Å². The Morgan fingerprint density at radius 1 is 1.08 bits per heavy atom. The Morgan fingerprint density at radius 3 is 1.92 bits per heavy atom. The van der Waals surface area contributed by atoms with Crippen LogP contribution in [0.4, 0.5) is 0 Å². The van der Waals surface area contributed by atoms with Gasteiger partial charge in [-0.15, -0.1) is 23.5 Å². The Labute approximate surface area is 193 Å². The molecule has 1 aromatic carbocycles. The van der Waals surface area contributed by atoms with Gasteiger partial charge in [0, 0.05) is 9.79 Å². The molecule has 0 aliphatic carbocycles. The van der Waals surface area contributed by atoms with Crippen LogP contribution in [-0.4, -0.2) is 32.0 Å². The summed E-state index contributed by atoms with van der Waals surface area (Å²) in [5.74, 6) is 0.306. The molecular weight excluding hydrogens is 416 g/mol. The van der Waals surface area contributed by atoms with E-state index in [2.05, 4.69) is 0 Å². The van der Waals surface area contributed by atoms with Crippen LogP contribution in [-0.2, 0) is 9.13 Å². The Hall–Kier alpha value is 2.18. The molecule has 1 rings (SSSR count). The summed E-state index contributed by atoms with van der Waals surface area (Å²) in [4.78, 5) is 41.7. The van der Waals surface area contributed by atoms with Crippen LogP contribution in [0.1, 0.15) is 12.8 Å². The first-order valence-electron chi connectivity index (χ1n) is 6.08. The van der Waals surface area contributed by atoms with Gasteiger partial charge in [0.05, 0.1) is 0 Å². The summed E-state index contributed by atoms with van der Waals surface area (Å²) < 4.78 is 22.1. The quantitative estimate of drug-likeness (QED) is 0.159. The number of aliphatic hydroxyl groups is 1. The average molecular weight is 432 g/mol. The van der Waals surface area contributed by atoms with Crippen LogP contribution < -0.4 is 68.9 Å². The van der Waals surface area contributed by atoms with Gasteiger partial charge in [-0.2, -0.15) is 0 Å². The zero-order valence-electron chi connectivity index (χ0n) is 13.6. The molecule has 0 bridgehead atoms. The second kappa shape index (κ2) is 11.9. The maximum Gasteiger partial charge on any atom is 1.00 e. The van der Waals surface area contributed by atoms with Crippen molar-refractivity contribution in [1.29, 1.82) is 0 Å². The van der Waals surface area contributed by atoms with Crippen molar-refractivity contribution in [2.45, 2.75) is 27.7 Å². The van der Waals surface area contributed by atoms with E-state index in [0.717, 1.165) is 9.79 Å². The van der Waals surface area contributed by atoms with Crippen molar-refractivity contribution in [3.8, 4) is 0 Å². The third-order valence-corrected chi connectivity index (χ3v) is 8.51. The first-order valence-corrected chi connectivity index (χ1v) is 11.4. The van der Waals surface area contributed by atoms with Gasteiger partial charge in [0.2, 0.25) is 0 Å². The fourth-order valence-corrected chi connectivity index (χ4v) is 5.03. The number of hydrogen-bond acceptors (Lipinski definition) is 7. The summed E-state index contributed by atoms with van der Waals surface area (Å²) in [6, 6.07) is 7.53. The van der Waals surface area contributed by atoms with Crippen LogP contribution >= 0.6 is 38.7 Å². The monoisotopic (exact) mass is 432 g/mol. The largest absolute Gasteiger partial charge is 1.00 e. The van der Waals surface area contributed by atoms with Gasteiger partial charge in [0.1, 0.15) is 0 Å². The molecule has 1 atom stereocenters. The summed E-state index contributed by atoms with van der Waals surface area (Å²) in [7, 11) is -11.3. The summed E-state index contributed by atoms with van der Waals surface area (Å²) in [6.45, 7) is 0. The van der Waals surface area contributed by atoms with E-state index in [9.17, 15) is 24.0 Å². The van der Waals surface area contributed by atoms with Crippen molar-refractivity contribution in [3.63, 3.8) is 0 Å². The molecule has 24 heavy (non-hydrogen) atoms. The Bertz CT molecular complexity index is 569. The standard InChI is InChI=1S/C11H18O7P2S2.2Na/c1-21-9-3-5-10(6-4-9)22-8-2-7-11(12,19(13,14)15)20(16,17)18;;/h3-6,12H,2,7-8H2,1H3,(H2,13,14,15)(H2,16,17,18);;/q;2*+1/p-2. The smallest absolute Gasteiger partial charge is 0.808 e. The van der Waals surface area contributed by atoms with Gasteiger partial charge >= 0.3 is 66.7 Å². The fourth-order valence-electron chi connectivity index (χ4n) is 1.61. The molecule has 0 radical (unpaired) electrons. The van der Waals surface area contributed by atoms with E-state index in [1.54, 1.807) is 11.8 Å². The molecule has 3 N–H and O–H groups in total. The zero-order chi connectivity index (χ0) is 17.0. The zero-order valence-corrected chi connectivity index (χ0v) is 21.0. The van der Waals surface area contributed by atoms with E-state index in [0.29, 0.717) is 5.75 Å². The summed E-state index contributed by atoms with van der Waals surface area (Å²) in [6.07, 6.45) is 1.09. The molecule has 0 fully saturated rings. The number of hydrogen-bond donors (Lipinski definition) is 3. The molecule has 13 heteroatoms. The van der Waals surface area contributed by atoms with Crippen molar-refractivity contribution >= 4 is 38.7 Å². The summed E-state index contributed by atoms with van der Waals surface area (Å²) in [5, 5.41) is 6.05. The Balaban J connectivity index is 0. The van der Waals surface area contributed by atoms with Gasteiger partial charge in [-0.3, -0.25) is 4.57 Å². The first-order chi connectivity index (χ1) is 10.0. The Kier molecular flexibility index (Phi) is 14.1. The third-order valence-electron chi connectivity index (χ3n) is 2.89. The molecule has 126 valence electrons. The van der Waals surface area contributed by atoms with Crippen molar-refractivity contribution in [3.05, 3.63) is 24.3 Å². The van der Waals surface area contributed by atoms with Gasteiger partial charge in [-0.25, -0.2) is 0 Å². The predicted octanol–water partition coefficient (Wildman–Crippen LogP) is -4.97. The normalized spacial score (nSPS) is 14.2. The van der Waals surface area contributed by atoms with Gasteiger partial charge in [0.15, 0.2) is 5.08 Å². The Morgan fingerprint density at radius 2 is 1.54 bits per heavy atom. The minimum absolute atomic E-state index is 0. The minimum atomic E-state index is -5.85. The molecule has 0 aromatic heterocycles. The van der Waals surface area contributed by atoms with Crippen LogP contribution in [0.15, 0.2) is 34.1 Å². The van der Waals surface area contributed by atoms with E-state index in [1.165, 1.54) is 11.8 Å². The molecule has 0 spiro atoms. The molecular formula is C11H16Na2O7P2S2. The summed E-state index contributed by atoms with van der Waals surface area (Å²) >= 11 is 2.92. The number of rotatable bonds is 8. The number of benzene rings is 1. The van der Waals surface area contributed by atoms with Crippen molar-refractivity contribution in [2.24, 2.45) is 0 Å². The summed E-state index contributed by atoms with van der Waals surface area (Å²) in [5.41, 5.74) is 0. The molecule has 0 heterocycles. The molecule has 0 saturated carbocycles. The van der Waals surface area contributed by atoms with Gasteiger partial charge in [0.25, 0.3) is 0 Å². The second-order valence-corrected chi connectivity index (χ2v) is 10.4. The maximum absolute atomic E-state index is 11.1. The molecule has 0 aliphatic heterocycles. The van der Waals surface area contributed by atoms with E-state index >= 15 is 0 Å². The predicted molar refractivity (Wildman–Crippen MR) is 82.8 cm³/mol. The topological polar surface area (TPSA) is 141 Å². The second-order valence-electron chi connectivity index (χ2n) is 4.44. The van der Waals surface area contributed by atoms with Crippen molar-refractivity contribution in [2.75, 3.05) is 12.0 Å². The van der Waals surface area contributed by atoms with Crippen LogP contribution in [0.5, 0.6) is 0 Å². The minimum Gasteiger partial charge on any atom is -0.808 e. The van der Waals surface area contributed by atoms with Gasteiger partial charge < -0.3 is 29.2 Å². The molecule has 0 saturated heterocycles. The van der Waals surface area contributed by atoms with E-state index < -0.39 is 26.7 Å². The van der Waals surface area contributed by atoms with Crippen molar-refractivity contribution < 1.29 is 92.9 Å². The van der Waals surface area contributed by atoms with Crippen LogP contribution in [0, 0.1) is 0 Å². The molecule has 1 aromatic rings. The van der Waals surface area contributed by atoms with E-state index in [1.807, 2.05) is 30.5 Å². The van der Waals surface area contributed by atoms with Crippen LogP contribution in [0.2, 0.25) is 0 Å². The molecule has 0 amide bonds. The van der Waals surface area contributed by atoms with Crippen LogP contribution in [0.25, 0.3) is 0 Å². The van der Waals surface area contributed by atoms with Crippen LogP contribution in [0.3, 0.4) is 0 Å². The first kappa shape index (κ1) is 28.4. The average Bonchev–Trinajstić information content (AvgIpc) is 2.41.